The lowest BCUT2D eigenvalue weighted by Gasteiger charge is -2.44. The van der Waals surface area contributed by atoms with E-state index in [1.807, 2.05) is 39.1 Å². The maximum Gasteiger partial charge on any atom is 0.264 e. The van der Waals surface area contributed by atoms with Crippen LogP contribution in [0.2, 0.25) is 0 Å². The first kappa shape index (κ1) is 59.6. The molecular formula is C64H83F2N11O5. The zero-order valence-electron chi connectivity index (χ0n) is 48.6. The van der Waals surface area contributed by atoms with Crippen LogP contribution < -0.4 is 15.5 Å². The number of likely N-dealkylation sites (tertiary alicyclic amines) is 1. The van der Waals surface area contributed by atoms with Crippen LogP contribution in [-0.2, 0) is 58.1 Å². The molecule has 0 radical (unpaired) electrons. The number of amides is 2. The number of fused-ring (bicyclic) bond motifs is 4. The SMILES string of the molecule is C=C(C)N1CCc2c(c(N3CCCc4cc(-c5cn(CC(=C)N6CCC(CCCN7Cc8cc(C)c(C=O)cc8C7)(CCNC)CC6)c6ccncc56)c(C(F)F)cc43)nn2C2CCOCC2)C1.C=C1CCC(N(C)C=O)C(=O)N1.C=O. The highest BCUT2D eigenvalue weighted by molar-refractivity contribution is 5.97. The molecule has 2 aromatic carbocycles. The van der Waals surface area contributed by atoms with Crippen molar-refractivity contribution in [3.8, 4) is 11.1 Å². The molecule has 3 saturated heterocycles. The Morgan fingerprint density at radius 1 is 0.951 bits per heavy atom. The molecule has 5 aromatic rings. The number of likely N-dealkylation sites (N-methyl/N-ethyl adjacent to an activating group) is 1. The standard InChI is InChI=1S/C55H69F2N9O2.C8H12N2O2.CH2O/c1-37(2)63-21-10-51-49(35-63)54(60-66(51)44-11-24-68-25-12-44)65-20-6-8-40-28-45(46(53(56)57)29-52(40)65)48-34-64(50-9-17-59-30-47(48)50)31-39(4)62-22-15-55(16-23-62,14-18-58-5)13-7-19-61-32-41-26-38(3)43(36-67)27-42(41)33-61;1-6-3-4-7(8(12)9-6)10(2)5-11;1-2/h9,17,26-30,34,36,44,53,58H,1,4,6-8,10-16,18-25,31-33,35H2,2-3,5H3;5,7H,1,3-4H2,2H3,(H,9,12);1H2. The number of allylic oxidation sites excluding steroid dienone is 3. The summed E-state index contributed by atoms with van der Waals surface area (Å²) in [6, 6.07) is 10.0. The van der Waals surface area contributed by atoms with Gasteiger partial charge in [0.15, 0.2) is 5.82 Å². The highest BCUT2D eigenvalue weighted by Gasteiger charge is 2.37. The van der Waals surface area contributed by atoms with Crippen molar-refractivity contribution in [1.29, 1.82) is 0 Å². The number of hydrogen-bond acceptors (Lipinski definition) is 12. The molecule has 82 heavy (non-hydrogen) atoms. The largest absolute Gasteiger partial charge is 0.381 e. The minimum absolute atomic E-state index is 0.0315. The van der Waals surface area contributed by atoms with Gasteiger partial charge in [-0.25, -0.2) is 8.78 Å². The predicted molar refractivity (Wildman–Crippen MR) is 318 cm³/mol. The Morgan fingerprint density at radius 3 is 2.40 bits per heavy atom. The summed E-state index contributed by atoms with van der Waals surface area (Å²) in [4.78, 5) is 56.6. The summed E-state index contributed by atoms with van der Waals surface area (Å²) in [6.07, 6.45) is 16.1. The number of benzene rings is 2. The molecule has 18 heteroatoms. The number of aryl methyl sites for hydroxylation is 2. The third kappa shape index (κ3) is 12.8. The van der Waals surface area contributed by atoms with Gasteiger partial charge in [-0.1, -0.05) is 25.8 Å². The molecular weight excluding hydrogens is 1040 g/mol. The summed E-state index contributed by atoms with van der Waals surface area (Å²) in [5.41, 5.74) is 14.2. The monoisotopic (exact) mass is 1120 g/mol. The van der Waals surface area contributed by atoms with Crippen LogP contribution in [0.15, 0.2) is 85.8 Å². The Bertz CT molecular complexity index is 3150. The second-order valence-corrected chi connectivity index (χ2v) is 23.4. The average molecular weight is 1120 g/mol. The van der Waals surface area contributed by atoms with E-state index in [0.29, 0.717) is 31.5 Å². The van der Waals surface area contributed by atoms with Crippen LogP contribution in [0.5, 0.6) is 0 Å². The number of anilines is 2. The molecule has 16 nitrogen and oxygen atoms in total. The molecule has 2 amide bonds. The van der Waals surface area contributed by atoms with Gasteiger partial charge >= 0.3 is 0 Å². The quantitative estimate of drug-likeness (QED) is 0.0804. The molecule has 2 N–H and O–H groups in total. The average Bonchev–Trinajstić information content (AvgIpc) is 4.33. The molecule has 1 unspecified atom stereocenters. The number of aldehydes is 1. The number of nitrogens with zero attached hydrogens (tertiary/aromatic N) is 9. The van der Waals surface area contributed by atoms with E-state index in [-0.39, 0.29) is 29.0 Å². The lowest BCUT2D eigenvalue weighted by molar-refractivity contribution is -0.132. The van der Waals surface area contributed by atoms with Gasteiger partial charge < -0.3 is 44.3 Å². The summed E-state index contributed by atoms with van der Waals surface area (Å²) in [5, 5.41) is 12.3. The summed E-state index contributed by atoms with van der Waals surface area (Å²) in [5.74, 6) is 0.753. The number of carbonyl (C=O) groups is 4. The zero-order chi connectivity index (χ0) is 58.2. The van der Waals surface area contributed by atoms with Gasteiger partial charge in [0.2, 0.25) is 12.3 Å². The highest BCUT2D eigenvalue weighted by Crippen LogP contribution is 2.46. The van der Waals surface area contributed by atoms with Gasteiger partial charge in [0.05, 0.1) is 18.1 Å². The first-order valence-corrected chi connectivity index (χ1v) is 29.2. The van der Waals surface area contributed by atoms with Gasteiger partial charge in [-0.15, -0.1) is 0 Å². The predicted octanol–water partition coefficient (Wildman–Crippen LogP) is 9.97. The number of halogens is 2. The van der Waals surface area contributed by atoms with E-state index in [4.69, 9.17) is 14.6 Å². The lowest BCUT2D eigenvalue weighted by Crippen LogP contribution is -2.47. The van der Waals surface area contributed by atoms with Crippen LogP contribution in [0.25, 0.3) is 22.0 Å². The number of aromatic nitrogens is 4. The summed E-state index contributed by atoms with van der Waals surface area (Å²) >= 11 is 0. The van der Waals surface area contributed by atoms with Crippen LogP contribution in [0.3, 0.4) is 0 Å². The van der Waals surface area contributed by atoms with E-state index in [0.717, 1.165) is 198 Å². The van der Waals surface area contributed by atoms with Crippen molar-refractivity contribution in [2.75, 3.05) is 71.5 Å². The summed E-state index contributed by atoms with van der Waals surface area (Å²) in [6.45, 7) is 28.8. The molecule has 0 spiro atoms. The smallest absolute Gasteiger partial charge is 0.264 e. The Balaban J connectivity index is 0.000000512. The normalized spacial score (nSPS) is 18.9. The van der Waals surface area contributed by atoms with E-state index in [2.05, 4.69) is 89.5 Å². The molecule has 1 atom stereocenters. The van der Waals surface area contributed by atoms with Crippen LogP contribution in [0.1, 0.15) is 133 Å². The van der Waals surface area contributed by atoms with Crippen LogP contribution in [-0.4, -0.2) is 137 Å². The fourth-order valence-electron chi connectivity index (χ4n) is 13.4. The van der Waals surface area contributed by atoms with Gasteiger partial charge in [-0.2, -0.15) is 5.10 Å². The Labute approximate surface area is 482 Å². The number of alkyl halides is 2. The van der Waals surface area contributed by atoms with Crippen LogP contribution in [0.4, 0.5) is 20.3 Å². The highest BCUT2D eigenvalue weighted by atomic mass is 19.3. The van der Waals surface area contributed by atoms with Crippen LogP contribution in [0, 0.1) is 12.3 Å². The third-order valence-electron chi connectivity index (χ3n) is 18.2. The second kappa shape index (κ2) is 26.5. The minimum atomic E-state index is -2.68. The van der Waals surface area contributed by atoms with Crippen molar-refractivity contribution in [2.45, 2.75) is 136 Å². The minimum Gasteiger partial charge on any atom is -0.381 e. The van der Waals surface area contributed by atoms with E-state index in [1.54, 1.807) is 19.3 Å². The molecule has 11 rings (SSSR count). The van der Waals surface area contributed by atoms with E-state index in [1.165, 1.54) is 33.7 Å². The van der Waals surface area contributed by atoms with Gasteiger partial charge in [0.25, 0.3) is 6.43 Å². The maximum atomic E-state index is 15.6. The zero-order valence-corrected chi connectivity index (χ0v) is 48.6. The van der Waals surface area contributed by atoms with E-state index in [9.17, 15) is 14.4 Å². The lowest BCUT2D eigenvalue weighted by atomic mass is 9.72. The summed E-state index contributed by atoms with van der Waals surface area (Å²) in [7, 11) is 3.65. The molecule has 0 aliphatic carbocycles. The molecule has 0 bridgehead atoms. The number of nitrogens with one attached hydrogen (secondary N) is 2. The van der Waals surface area contributed by atoms with E-state index < -0.39 is 6.43 Å². The van der Waals surface area contributed by atoms with Crippen molar-refractivity contribution in [3.05, 3.63) is 130 Å². The second-order valence-electron chi connectivity index (χ2n) is 23.4. The van der Waals surface area contributed by atoms with Crippen LogP contribution >= 0.6 is 0 Å². The number of rotatable bonds is 18. The third-order valence-corrected chi connectivity index (χ3v) is 18.2. The Kier molecular flexibility index (Phi) is 19.2. The molecule has 438 valence electrons. The van der Waals surface area contributed by atoms with Crippen molar-refractivity contribution in [1.82, 2.24) is 49.6 Å². The first-order chi connectivity index (χ1) is 39.7. The Morgan fingerprint density at radius 2 is 1.71 bits per heavy atom. The number of piperidine rings is 2. The number of ether oxygens (including phenoxy) is 1. The number of carbonyl (C=O) groups excluding carboxylic acids is 4. The maximum absolute atomic E-state index is 15.6. The van der Waals surface area contributed by atoms with E-state index >= 15 is 8.78 Å². The van der Waals surface area contributed by atoms with Gasteiger partial charge in [0, 0.05) is 147 Å². The van der Waals surface area contributed by atoms with Crippen molar-refractivity contribution in [2.24, 2.45) is 5.41 Å². The van der Waals surface area contributed by atoms with Crippen molar-refractivity contribution in [3.63, 3.8) is 0 Å². The Hall–Kier alpha value is -7.02. The molecule has 0 saturated carbocycles. The number of hydrogen-bond donors (Lipinski definition) is 2. The van der Waals surface area contributed by atoms with Gasteiger partial charge in [-0.05, 0) is 162 Å². The molecule has 6 aliphatic heterocycles. The van der Waals surface area contributed by atoms with Gasteiger partial charge in [-0.3, -0.25) is 28.9 Å². The molecule has 9 heterocycles. The molecule has 3 fully saturated rings. The van der Waals surface area contributed by atoms with Gasteiger partial charge in [0.1, 0.15) is 19.1 Å². The molecule has 3 aromatic heterocycles. The summed E-state index contributed by atoms with van der Waals surface area (Å²) < 4.78 is 41.4. The molecule has 6 aliphatic rings. The topological polar surface area (TPSA) is 153 Å². The fraction of sp³-hybridized carbons (Fsp3) is 0.500. The fourth-order valence-corrected chi connectivity index (χ4v) is 13.4. The first-order valence-electron chi connectivity index (χ1n) is 29.2. The van der Waals surface area contributed by atoms with Crippen molar-refractivity contribution < 1.29 is 32.7 Å². The van der Waals surface area contributed by atoms with Crippen molar-refractivity contribution >= 4 is 47.8 Å². The number of pyridine rings is 1.